The van der Waals surface area contributed by atoms with Crippen LogP contribution in [0.2, 0.25) is 5.02 Å². The van der Waals surface area contributed by atoms with Crippen molar-refractivity contribution in [1.29, 1.82) is 0 Å². The van der Waals surface area contributed by atoms with Gasteiger partial charge in [0.2, 0.25) is 0 Å². The molecule has 5 nitrogen and oxygen atoms in total. The first-order valence-corrected chi connectivity index (χ1v) is 9.62. The highest BCUT2D eigenvalue weighted by molar-refractivity contribution is 6.62. The maximum atomic E-state index is 14.4. The van der Waals surface area contributed by atoms with Crippen LogP contribution in [0.3, 0.4) is 0 Å². The van der Waals surface area contributed by atoms with Crippen LogP contribution in [0.25, 0.3) is 10.9 Å². The van der Waals surface area contributed by atoms with Crippen LogP contribution in [-0.4, -0.2) is 23.3 Å². The minimum atomic E-state index is -0.703. The maximum Gasteiger partial charge on any atom is 0.494 e. The summed E-state index contributed by atoms with van der Waals surface area (Å²) in [5.41, 5.74) is 6.44. The number of hydrogen-bond acceptors (Lipinski definition) is 5. The molecule has 2 heterocycles. The highest BCUT2D eigenvalue weighted by Crippen LogP contribution is 2.37. The van der Waals surface area contributed by atoms with E-state index in [0.29, 0.717) is 11.3 Å². The van der Waals surface area contributed by atoms with Crippen LogP contribution < -0.4 is 15.9 Å². The summed E-state index contributed by atoms with van der Waals surface area (Å²) < 4.78 is 32.4. The van der Waals surface area contributed by atoms with Gasteiger partial charge in [-0.2, -0.15) is 0 Å². The molecule has 0 atom stereocenters. The number of anilines is 1. The van der Waals surface area contributed by atoms with Crippen molar-refractivity contribution in [2.75, 3.05) is 5.73 Å². The zero-order chi connectivity index (χ0) is 21.0. The Bertz CT molecular complexity index is 1090. The quantitative estimate of drug-likeness (QED) is 0.497. The summed E-state index contributed by atoms with van der Waals surface area (Å²) in [4.78, 5) is 4.41. The van der Waals surface area contributed by atoms with Crippen molar-refractivity contribution < 1.29 is 18.4 Å². The molecule has 0 amide bonds. The third-order valence-electron chi connectivity index (χ3n) is 5.55. The molecule has 150 valence electrons. The Kier molecular flexibility index (Phi) is 4.72. The highest BCUT2D eigenvalue weighted by atomic mass is 35.5. The standard InChI is InChI=1S/C21H21BClFN2O3/c1-20(2)21(3,4)29-22(28-20)12-5-6-13-15(11-12)26-10-9-16(13)27-17-8-7-14(25)18(23)19(17)24/h5-11H,25H2,1-4H3. The molecule has 2 N–H and O–H groups in total. The second-order valence-corrected chi connectivity index (χ2v) is 8.43. The van der Waals surface area contributed by atoms with E-state index in [0.717, 1.165) is 10.8 Å². The van der Waals surface area contributed by atoms with Gasteiger partial charge in [0, 0.05) is 11.6 Å². The minimum Gasteiger partial charge on any atom is -0.453 e. The van der Waals surface area contributed by atoms with Crippen molar-refractivity contribution in [1.82, 2.24) is 4.98 Å². The first-order valence-electron chi connectivity index (χ1n) is 9.25. The van der Waals surface area contributed by atoms with Crippen molar-refractivity contribution in [3.63, 3.8) is 0 Å². The van der Waals surface area contributed by atoms with Gasteiger partial charge in [-0.05, 0) is 63.5 Å². The molecule has 0 unspecified atom stereocenters. The van der Waals surface area contributed by atoms with E-state index in [9.17, 15) is 4.39 Å². The molecule has 29 heavy (non-hydrogen) atoms. The predicted molar refractivity (Wildman–Crippen MR) is 113 cm³/mol. The van der Waals surface area contributed by atoms with Gasteiger partial charge in [0.15, 0.2) is 11.6 Å². The summed E-state index contributed by atoms with van der Waals surface area (Å²) in [6.45, 7) is 8.02. The van der Waals surface area contributed by atoms with Crippen molar-refractivity contribution >= 4 is 40.8 Å². The lowest BCUT2D eigenvalue weighted by atomic mass is 9.78. The fraction of sp³-hybridized carbons (Fsp3) is 0.286. The number of pyridine rings is 1. The van der Waals surface area contributed by atoms with E-state index >= 15 is 0 Å². The molecule has 0 saturated carbocycles. The zero-order valence-corrected chi connectivity index (χ0v) is 17.4. The van der Waals surface area contributed by atoms with Gasteiger partial charge >= 0.3 is 7.12 Å². The molecule has 2 aromatic carbocycles. The molecular formula is C21H21BClFN2O3. The molecule has 4 rings (SSSR count). The maximum absolute atomic E-state index is 14.4. The van der Waals surface area contributed by atoms with Gasteiger partial charge in [-0.1, -0.05) is 17.7 Å². The number of hydrogen-bond donors (Lipinski definition) is 1. The van der Waals surface area contributed by atoms with E-state index in [-0.39, 0.29) is 16.5 Å². The lowest BCUT2D eigenvalue weighted by Gasteiger charge is -2.32. The van der Waals surface area contributed by atoms with Gasteiger partial charge in [0.1, 0.15) is 10.8 Å². The van der Waals surface area contributed by atoms with Crippen LogP contribution in [-0.2, 0) is 9.31 Å². The lowest BCUT2D eigenvalue weighted by Crippen LogP contribution is -2.41. The van der Waals surface area contributed by atoms with Crippen LogP contribution in [0.1, 0.15) is 27.7 Å². The summed E-state index contributed by atoms with van der Waals surface area (Å²) in [5, 5.41) is 0.559. The number of nitrogens with zero attached hydrogens (tertiary/aromatic N) is 1. The Morgan fingerprint density at radius 3 is 2.41 bits per heavy atom. The number of halogens is 2. The molecular weight excluding hydrogens is 394 g/mol. The van der Waals surface area contributed by atoms with E-state index in [1.807, 2.05) is 45.9 Å². The first-order chi connectivity index (χ1) is 13.6. The molecule has 1 saturated heterocycles. The van der Waals surface area contributed by atoms with E-state index in [1.54, 1.807) is 12.3 Å². The van der Waals surface area contributed by atoms with E-state index < -0.39 is 24.1 Å². The Hall–Kier alpha value is -2.35. The van der Waals surface area contributed by atoms with Crippen LogP contribution in [0, 0.1) is 5.82 Å². The SMILES string of the molecule is CC1(C)OB(c2ccc3c(Oc4ccc(N)c(Cl)c4F)ccnc3c2)OC1(C)C. The minimum absolute atomic E-state index is 0.00765. The number of aromatic nitrogens is 1. The smallest absolute Gasteiger partial charge is 0.453 e. The number of rotatable bonds is 3. The third-order valence-corrected chi connectivity index (χ3v) is 5.93. The molecule has 1 aliphatic rings. The summed E-state index contributed by atoms with van der Waals surface area (Å²) in [7, 11) is -0.496. The molecule has 0 bridgehead atoms. The largest absolute Gasteiger partial charge is 0.494 e. The van der Waals surface area contributed by atoms with Gasteiger partial charge in [-0.15, -0.1) is 0 Å². The van der Waals surface area contributed by atoms with Gasteiger partial charge in [-0.3, -0.25) is 4.98 Å². The second-order valence-electron chi connectivity index (χ2n) is 8.06. The van der Waals surface area contributed by atoms with Crippen molar-refractivity contribution in [3.05, 3.63) is 53.4 Å². The van der Waals surface area contributed by atoms with Crippen molar-refractivity contribution in [2.45, 2.75) is 38.9 Å². The summed E-state index contributed by atoms with van der Waals surface area (Å²) in [6, 6.07) is 10.2. The molecule has 1 aliphatic heterocycles. The number of nitrogen functional groups attached to an aromatic ring is 1. The molecule has 1 fully saturated rings. The van der Waals surface area contributed by atoms with Crippen LogP contribution >= 0.6 is 11.6 Å². The fourth-order valence-electron chi connectivity index (χ4n) is 3.10. The first kappa shape index (κ1) is 19.9. The Labute approximate surface area is 174 Å². The molecule has 0 spiro atoms. The van der Waals surface area contributed by atoms with Gasteiger partial charge in [0.25, 0.3) is 0 Å². The fourth-order valence-corrected chi connectivity index (χ4v) is 3.25. The summed E-state index contributed by atoms with van der Waals surface area (Å²) in [6.07, 6.45) is 1.60. The average molecular weight is 415 g/mol. The van der Waals surface area contributed by atoms with E-state index in [4.69, 9.17) is 31.4 Å². The molecule has 1 aromatic heterocycles. The second kappa shape index (κ2) is 6.87. The van der Waals surface area contributed by atoms with Gasteiger partial charge in [0.05, 0.1) is 22.4 Å². The molecule has 0 aliphatic carbocycles. The van der Waals surface area contributed by atoms with E-state index in [2.05, 4.69) is 4.98 Å². The average Bonchev–Trinajstić information content (AvgIpc) is 2.89. The predicted octanol–water partition coefficient (Wildman–Crippen LogP) is 4.70. The number of benzene rings is 2. The monoisotopic (exact) mass is 414 g/mol. The molecule has 3 aromatic rings. The van der Waals surface area contributed by atoms with Crippen molar-refractivity contribution in [2.24, 2.45) is 0 Å². The highest BCUT2D eigenvalue weighted by Gasteiger charge is 2.51. The normalized spacial score (nSPS) is 17.7. The topological polar surface area (TPSA) is 66.6 Å². The van der Waals surface area contributed by atoms with Crippen LogP contribution in [0.4, 0.5) is 10.1 Å². The Morgan fingerprint density at radius 2 is 1.72 bits per heavy atom. The molecule has 8 heteroatoms. The number of nitrogens with two attached hydrogens (primary N) is 1. The number of fused-ring (bicyclic) bond motifs is 1. The Balaban J connectivity index is 1.68. The summed E-state index contributed by atoms with van der Waals surface area (Å²) in [5.74, 6) is -0.257. The number of ether oxygens (including phenoxy) is 1. The van der Waals surface area contributed by atoms with E-state index in [1.165, 1.54) is 12.1 Å². The van der Waals surface area contributed by atoms with Gasteiger partial charge < -0.3 is 19.8 Å². The third kappa shape index (κ3) is 3.43. The lowest BCUT2D eigenvalue weighted by molar-refractivity contribution is 0.00578. The zero-order valence-electron chi connectivity index (χ0n) is 16.6. The van der Waals surface area contributed by atoms with Crippen molar-refractivity contribution in [3.8, 4) is 11.5 Å². The van der Waals surface area contributed by atoms with Crippen LogP contribution in [0.5, 0.6) is 11.5 Å². The Morgan fingerprint density at radius 1 is 1.03 bits per heavy atom. The summed E-state index contributed by atoms with van der Waals surface area (Å²) >= 11 is 5.89. The van der Waals surface area contributed by atoms with Gasteiger partial charge in [-0.25, -0.2) is 4.39 Å². The molecule has 0 radical (unpaired) electrons. The van der Waals surface area contributed by atoms with Crippen LogP contribution in [0.15, 0.2) is 42.6 Å².